The molecule has 4 N–H and O–H groups in total. The monoisotopic (exact) mass is 255 g/mol. The molecule has 1 aromatic rings. The van der Waals surface area contributed by atoms with Gasteiger partial charge in [0.05, 0.1) is 6.04 Å². The number of hydrogen-bond acceptors (Lipinski definition) is 3. The third-order valence-electron chi connectivity index (χ3n) is 3.03. The van der Waals surface area contributed by atoms with E-state index in [4.69, 9.17) is 11.5 Å². The first-order valence-electron chi connectivity index (χ1n) is 5.54. The first-order chi connectivity index (χ1) is 7.66. The largest absolute Gasteiger partial charge is 0.399 e. The molecule has 94 valence electrons. The summed E-state index contributed by atoms with van der Waals surface area (Å²) in [4.78, 5) is 13.3. The van der Waals surface area contributed by atoms with Gasteiger partial charge in [-0.1, -0.05) is 12.1 Å². The average molecular weight is 256 g/mol. The molecule has 1 aliphatic rings. The van der Waals surface area contributed by atoms with E-state index in [1.54, 1.807) is 0 Å². The van der Waals surface area contributed by atoms with E-state index in [0.717, 1.165) is 37.2 Å². The zero-order valence-electron chi connectivity index (χ0n) is 9.63. The van der Waals surface area contributed by atoms with Crippen molar-refractivity contribution in [1.82, 2.24) is 4.90 Å². The highest BCUT2D eigenvalue weighted by Crippen LogP contribution is 2.20. The number of likely N-dealkylation sites (tertiary alicyclic amines) is 1. The molecular formula is C12H18ClN3O. The lowest BCUT2D eigenvalue weighted by atomic mass is 10.1. The van der Waals surface area contributed by atoms with Gasteiger partial charge in [0, 0.05) is 12.2 Å². The summed E-state index contributed by atoms with van der Waals surface area (Å²) in [7, 11) is 0. The highest BCUT2D eigenvalue weighted by Gasteiger charge is 2.28. The molecule has 0 radical (unpaired) electrons. The number of amides is 1. The Morgan fingerprint density at radius 3 is 2.88 bits per heavy atom. The highest BCUT2D eigenvalue weighted by atomic mass is 35.5. The summed E-state index contributed by atoms with van der Waals surface area (Å²) in [5, 5.41) is 0. The minimum absolute atomic E-state index is 0. The molecule has 17 heavy (non-hydrogen) atoms. The Kier molecular flexibility index (Phi) is 4.78. The molecule has 1 atom stereocenters. The fourth-order valence-electron chi connectivity index (χ4n) is 2.26. The first kappa shape index (κ1) is 13.8. The van der Waals surface area contributed by atoms with Crippen LogP contribution < -0.4 is 11.5 Å². The lowest BCUT2D eigenvalue weighted by Gasteiger charge is -2.21. The molecule has 0 aromatic heterocycles. The number of primary amides is 1. The number of benzene rings is 1. The van der Waals surface area contributed by atoms with E-state index >= 15 is 0 Å². The molecule has 1 heterocycles. The standard InChI is InChI=1S/C12H17N3O.ClH/c13-10-4-1-3-9(7-10)8-15-6-2-5-11(15)12(14)16;/h1,3-4,7,11H,2,5-6,8,13H2,(H2,14,16);1H. The second-order valence-corrected chi connectivity index (χ2v) is 4.28. The van der Waals surface area contributed by atoms with Crippen molar-refractivity contribution in [2.45, 2.75) is 25.4 Å². The summed E-state index contributed by atoms with van der Waals surface area (Å²) >= 11 is 0. The number of anilines is 1. The Hall–Kier alpha value is -1.26. The van der Waals surface area contributed by atoms with E-state index in [-0.39, 0.29) is 24.4 Å². The number of nitrogen functional groups attached to an aromatic ring is 1. The molecule has 1 aliphatic heterocycles. The van der Waals surface area contributed by atoms with Crippen molar-refractivity contribution >= 4 is 24.0 Å². The normalized spacial score (nSPS) is 19.9. The van der Waals surface area contributed by atoms with Crippen molar-refractivity contribution in [3.05, 3.63) is 29.8 Å². The quantitative estimate of drug-likeness (QED) is 0.796. The van der Waals surface area contributed by atoms with Gasteiger partial charge in [-0.2, -0.15) is 0 Å². The maximum Gasteiger partial charge on any atom is 0.234 e. The molecule has 2 rings (SSSR count). The molecular weight excluding hydrogens is 238 g/mol. The van der Waals surface area contributed by atoms with E-state index in [1.165, 1.54) is 0 Å². The van der Waals surface area contributed by atoms with Crippen molar-refractivity contribution in [1.29, 1.82) is 0 Å². The number of nitrogens with zero attached hydrogens (tertiary/aromatic N) is 1. The fourth-order valence-corrected chi connectivity index (χ4v) is 2.26. The van der Waals surface area contributed by atoms with Crippen LogP contribution in [0.2, 0.25) is 0 Å². The lowest BCUT2D eigenvalue weighted by Crippen LogP contribution is -2.39. The van der Waals surface area contributed by atoms with E-state index in [0.29, 0.717) is 0 Å². The van der Waals surface area contributed by atoms with Crippen molar-refractivity contribution in [2.24, 2.45) is 5.73 Å². The number of nitrogens with two attached hydrogens (primary N) is 2. The van der Waals surface area contributed by atoms with Crippen LogP contribution in [-0.4, -0.2) is 23.4 Å². The van der Waals surface area contributed by atoms with Crippen LogP contribution in [0.5, 0.6) is 0 Å². The highest BCUT2D eigenvalue weighted by molar-refractivity contribution is 5.85. The smallest absolute Gasteiger partial charge is 0.234 e. The van der Waals surface area contributed by atoms with Gasteiger partial charge in [0.25, 0.3) is 0 Å². The minimum Gasteiger partial charge on any atom is -0.399 e. The maximum absolute atomic E-state index is 11.2. The average Bonchev–Trinajstić information content (AvgIpc) is 2.66. The van der Waals surface area contributed by atoms with E-state index in [1.807, 2.05) is 24.3 Å². The van der Waals surface area contributed by atoms with Crippen LogP contribution in [0, 0.1) is 0 Å². The number of carbonyl (C=O) groups is 1. The van der Waals surface area contributed by atoms with Gasteiger partial charge in [0.15, 0.2) is 0 Å². The van der Waals surface area contributed by atoms with Crippen LogP contribution in [0.3, 0.4) is 0 Å². The van der Waals surface area contributed by atoms with Crippen LogP contribution >= 0.6 is 12.4 Å². The first-order valence-corrected chi connectivity index (χ1v) is 5.54. The summed E-state index contributed by atoms with van der Waals surface area (Å²) in [6, 6.07) is 7.64. The summed E-state index contributed by atoms with van der Waals surface area (Å²) in [6.45, 7) is 1.68. The number of rotatable bonds is 3. The predicted molar refractivity (Wildman–Crippen MR) is 70.7 cm³/mol. The molecule has 5 heteroatoms. The summed E-state index contributed by atoms with van der Waals surface area (Å²) in [5.74, 6) is -0.221. The summed E-state index contributed by atoms with van der Waals surface area (Å²) < 4.78 is 0. The van der Waals surface area contributed by atoms with Gasteiger partial charge in [-0.15, -0.1) is 12.4 Å². The fraction of sp³-hybridized carbons (Fsp3) is 0.417. The van der Waals surface area contributed by atoms with Gasteiger partial charge in [-0.05, 0) is 37.1 Å². The molecule has 0 spiro atoms. The van der Waals surface area contributed by atoms with Crippen molar-refractivity contribution < 1.29 is 4.79 Å². The van der Waals surface area contributed by atoms with Crippen LogP contribution in [0.25, 0.3) is 0 Å². The molecule has 0 bridgehead atoms. The van der Waals surface area contributed by atoms with Gasteiger partial charge in [-0.3, -0.25) is 9.69 Å². The van der Waals surface area contributed by atoms with Gasteiger partial charge in [0.1, 0.15) is 0 Å². The molecule has 1 amide bonds. The Morgan fingerprint density at radius 1 is 1.47 bits per heavy atom. The predicted octanol–water partition coefficient (Wildman–Crippen LogP) is 1.14. The van der Waals surface area contributed by atoms with Crippen molar-refractivity contribution in [3.63, 3.8) is 0 Å². The molecule has 1 fully saturated rings. The van der Waals surface area contributed by atoms with Gasteiger partial charge >= 0.3 is 0 Å². The molecule has 1 aromatic carbocycles. The minimum atomic E-state index is -0.221. The van der Waals surface area contributed by atoms with Gasteiger partial charge in [0.2, 0.25) is 5.91 Å². The SMILES string of the molecule is Cl.NC(=O)C1CCCN1Cc1cccc(N)c1. The van der Waals surface area contributed by atoms with E-state index < -0.39 is 0 Å². The molecule has 0 saturated carbocycles. The van der Waals surface area contributed by atoms with E-state index in [2.05, 4.69) is 4.90 Å². The van der Waals surface area contributed by atoms with Crippen molar-refractivity contribution in [3.8, 4) is 0 Å². The zero-order valence-corrected chi connectivity index (χ0v) is 10.5. The molecule has 4 nitrogen and oxygen atoms in total. The second kappa shape index (κ2) is 5.89. The van der Waals surface area contributed by atoms with Crippen molar-refractivity contribution in [2.75, 3.05) is 12.3 Å². The Labute approximate surface area is 107 Å². The van der Waals surface area contributed by atoms with Gasteiger partial charge < -0.3 is 11.5 Å². The number of carbonyl (C=O) groups excluding carboxylic acids is 1. The van der Waals surface area contributed by atoms with Crippen LogP contribution in [-0.2, 0) is 11.3 Å². The van der Waals surface area contributed by atoms with Crippen LogP contribution in [0.15, 0.2) is 24.3 Å². The molecule has 1 unspecified atom stereocenters. The lowest BCUT2D eigenvalue weighted by molar-refractivity contribution is -0.122. The Bertz CT molecular complexity index is 397. The zero-order chi connectivity index (χ0) is 11.5. The third-order valence-corrected chi connectivity index (χ3v) is 3.03. The van der Waals surface area contributed by atoms with E-state index in [9.17, 15) is 4.79 Å². The Balaban J connectivity index is 0.00000144. The Morgan fingerprint density at radius 2 is 2.24 bits per heavy atom. The number of hydrogen-bond donors (Lipinski definition) is 2. The molecule has 0 aliphatic carbocycles. The third kappa shape index (κ3) is 3.35. The maximum atomic E-state index is 11.2. The number of halogens is 1. The summed E-state index contributed by atoms with van der Waals surface area (Å²) in [5.41, 5.74) is 13.0. The molecule has 1 saturated heterocycles. The van der Waals surface area contributed by atoms with Crippen LogP contribution in [0.1, 0.15) is 18.4 Å². The van der Waals surface area contributed by atoms with Crippen LogP contribution in [0.4, 0.5) is 5.69 Å². The van der Waals surface area contributed by atoms with Gasteiger partial charge in [-0.25, -0.2) is 0 Å². The topological polar surface area (TPSA) is 72.4 Å². The second-order valence-electron chi connectivity index (χ2n) is 4.28. The summed E-state index contributed by atoms with van der Waals surface area (Å²) in [6.07, 6.45) is 1.91.